The van der Waals surface area contributed by atoms with Gasteiger partial charge in [-0.15, -0.1) is 6.58 Å². The number of allylic oxidation sites excluding steroid dienone is 1. The summed E-state index contributed by atoms with van der Waals surface area (Å²) in [5, 5.41) is 14.5. The average Bonchev–Trinajstić information content (AvgIpc) is 3.13. The Hall–Kier alpha value is -3.61. The van der Waals surface area contributed by atoms with Gasteiger partial charge in [0.05, 0.1) is 5.92 Å². The number of ether oxygens (including phenoxy) is 1. The second-order valence-corrected chi connectivity index (χ2v) is 8.31. The Bertz CT molecular complexity index is 989. The van der Waals surface area contributed by atoms with E-state index in [0.717, 1.165) is 22.3 Å². The smallest absolute Gasteiger partial charge is 0.407 e. The Morgan fingerprint density at radius 1 is 1.03 bits per heavy atom. The Labute approximate surface area is 193 Å². The van der Waals surface area contributed by atoms with E-state index in [9.17, 15) is 14.4 Å². The fourth-order valence-electron chi connectivity index (χ4n) is 4.00. The van der Waals surface area contributed by atoms with Gasteiger partial charge in [0.2, 0.25) is 5.91 Å². The summed E-state index contributed by atoms with van der Waals surface area (Å²) >= 11 is 0. The van der Waals surface area contributed by atoms with Gasteiger partial charge in [-0.25, -0.2) is 4.79 Å². The largest absolute Gasteiger partial charge is 0.481 e. The summed E-state index contributed by atoms with van der Waals surface area (Å²) in [4.78, 5) is 36.5. The molecule has 3 N–H and O–H groups in total. The van der Waals surface area contributed by atoms with Crippen LogP contribution < -0.4 is 10.6 Å². The van der Waals surface area contributed by atoms with Crippen molar-refractivity contribution in [3.63, 3.8) is 0 Å². The van der Waals surface area contributed by atoms with Crippen LogP contribution in [0.15, 0.2) is 61.2 Å². The molecule has 7 nitrogen and oxygen atoms in total. The minimum Gasteiger partial charge on any atom is -0.481 e. The first-order valence-electron chi connectivity index (χ1n) is 11.1. The third-order valence-electron chi connectivity index (χ3n) is 6.12. The number of carbonyl (C=O) groups is 3. The molecule has 33 heavy (non-hydrogen) atoms. The summed E-state index contributed by atoms with van der Waals surface area (Å²) in [6, 6.07) is 14.6. The molecule has 0 radical (unpaired) electrons. The van der Waals surface area contributed by atoms with E-state index in [-0.39, 0.29) is 12.5 Å². The Morgan fingerprint density at radius 3 is 2.15 bits per heavy atom. The summed E-state index contributed by atoms with van der Waals surface area (Å²) in [5.41, 5.74) is 4.46. The minimum atomic E-state index is -1.00. The molecule has 3 unspecified atom stereocenters. The van der Waals surface area contributed by atoms with E-state index in [4.69, 9.17) is 9.84 Å². The van der Waals surface area contributed by atoms with Crippen molar-refractivity contribution in [1.29, 1.82) is 0 Å². The maximum Gasteiger partial charge on any atom is 0.407 e. The highest BCUT2D eigenvalue weighted by Crippen LogP contribution is 2.44. The molecule has 0 fully saturated rings. The zero-order valence-corrected chi connectivity index (χ0v) is 18.9. The van der Waals surface area contributed by atoms with Crippen LogP contribution in [0.2, 0.25) is 0 Å². The average molecular weight is 451 g/mol. The van der Waals surface area contributed by atoms with Crippen LogP contribution in [0.1, 0.15) is 43.7 Å². The Morgan fingerprint density at radius 2 is 1.61 bits per heavy atom. The van der Waals surface area contributed by atoms with Crippen LogP contribution in [0.3, 0.4) is 0 Å². The van der Waals surface area contributed by atoms with Gasteiger partial charge in [-0.1, -0.05) is 54.6 Å². The van der Waals surface area contributed by atoms with Crippen LogP contribution in [0.25, 0.3) is 11.1 Å². The number of carboxylic acids is 1. The molecular weight excluding hydrogens is 420 g/mol. The number of nitrogens with one attached hydrogen (secondary N) is 2. The molecule has 3 atom stereocenters. The van der Waals surface area contributed by atoms with E-state index in [2.05, 4.69) is 29.3 Å². The molecule has 0 bridgehead atoms. The minimum absolute atomic E-state index is 0.0833. The predicted octanol–water partition coefficient (Wildman–Crippen LogP) is 4.09. The fourth-order valence-corrected chi connectivity index (χ4v) is 4.00. The molecule has 0 saturated heterocycles. The number of benzene rings is 2. The zero-order chi connectivity index (χ0) is 24.0. The molecule has 0 aliphatic heterocycles. The maximum atomic E-state index is 12.7. The van der Waals surface area contributed by atoms with Crippen molar-refractivity contribution in [2.24, 2.45) is 5.92 Å². The topological polar surface area (TPSA) is 105 Å². The number of rotatable bonds is 10. The van der Waals surface area contributed by atoms with Gasteiger partial charge >= 0.3 is 12.1 Å². The number of carbonyl (C=O) groups excluding carboxylic acids is 2. The van der Waals surface area contributed by atoms with Crippen LogP contribution in [0.4, 0.5) is 4.79 Å². The van der Waals surface area contributed by atoms with Crippen LogP contribution in [-0.2, 0) is 14.3 Å². The van der Waals surface area contributed by atoms with E-state index >= 15 is 0 Å². The van der Waals surface area contributed by atoms with Crippen LogP contribution in [0.5, 0.6) is 0 Å². The SMILES string of the molecule is C=CCCC(NC(=O)OCC1c2ccccc2-c2ccccc21)C(=O)NC(C)C(C)C(=O)O. The summed E-state index contributed by atoms with van der Waals surface area (Å²) in [5.74, 6) is -2.30. The first kappa shape index (κ1) is 24.0. The highest BCUT2D eigenvalue weighted by atomic mass is 16.5. The molecule has 2 amide bonds. The predicted molar refractivity (Wildman–Crippen MR) is 126 cm³/mol. The number of alkyl carbamates (subject to hydrolysis) is 1. The van der Waals surface area contributed by atoms with Crippen molar-refractivity contribution >= 4 is 18.0 Å². The molecule has 7 heteroatoms. The molecule has 174 valence electrons. The highest BCUT2D eigenvalue weighted by molar-refractivity contribution is 5.86. The molecular formula is C26H30N2O5. The normalized spacial score (nSPS) is 14.8. The van der Waals surface area contributed by atoms with Gasteiger partial charge in [-0.2, -0.15) is 0 Å². The first-order valence-corrected chi connectivity index (χ1v) is 11.1. The Balaban J connectivity index is 1.64. The quantitative estimate of drug-likeness (QED) is 0.473. The van der Waals surface area contributed by atoms with Crippen molar-refractivity contribution in [3.8, 4) is 11.1 Å². The molecule has 2 aromatic carbocycles. The number of amides is 2. The van der Waals surface area contributed by atoms with Gasteiger partial charge in [0, 0.05) is 12.0 Å². The lowest BCUT2D eigenvalue weighted by Gasteiger charge is -2.23. The van der Waals surface area contributed by atoms with Gasteiger partial charge in [-0.05, 0) is 48.9 Å². The molecule has 1 aliphatic carbocycles. The molecule has 0 aromatic heterocycles. The maximum absolute atomic E-state index is 12.7. The Kier molecular flexibility index (Phi) is 7.87. The van der Waals surface area contributed by atoms with E-state index in [0.29, 0.717) is 12.8 Å². The summed E-state index contributed by atoms with van der Waals surface area (Å²) in [6.45, 7) is 6.94. The lowest BCUT2D eigenvalue weighted by Crippen LogP contribution is -2.51. The summed E-state index contributed by atoms with van der Waals surface area (Å²) < 4.78 is 5.54. The van der Waals surface area contributed by atoms with Gasteiger partial charge in [0.1, 0.15) is 12.6 Å². The van der Waals surface area contributed by atoms with Crippen LogP contribution in [0, 0.1) is 5.92 Å². The van der Waals surface area contributed by atoms with E-state index in [1.807, 2.05) is 36.4 Å². The van der Waals surface area contributed by atoms with Crippen molar-refractivity contribution in [2.45, 2.75) is 44.7 Å². The van der Waals surface area contributed by atoms with E-state index < -0.39 is 36.0 Å². The number of carboxylic acid groups (broad SMARTS) is 1. The van der Waals surface area contributed by atoms with Gasteiger partial charge < -0.3 is 20.5 Å². The van der Waals surface area contributed by atoms with Gasteiger partial charge in [0.15, 0.2) is 0 Å². The standard InChI is InChI=1S/C26H30N2O5/c1-4-5-14-23(24(29)27-17(3)16(2)25(30)31)28-26(32)33-15-22-20-12-8-6-10-18(20)19-11-7-9-13-21(19)22/h4,6-13,16-17,22-23H,1,5,14-15H2,2-3H3,(H,27,29)(H,28,32)(H,30,31). The molecule has 3 rings (SSSR count). The number of hydrogen-bond donors (Lipinski definition) is 3. The molecule has 2 aromatic rings. The molecule has 0 heterocycles. The van der Waals surface area contributed by atoms with Gasteiger partial charge in [0.25, 0.3) is 0 Å². The lowest BCUT2D eigenvalue weighted by atomic mass is 9.98. The summed E-state index contributed by atoms with van der Waals surface area (Å²) in [7, 11) is 0. The van der Waals surface area contributed by atoms with Crippen molar-refractivity contribution in [3.05, 3.63) is 72.3 Å². The molecule has 0 spiro atoms. The number of fused-ring (bicyclic) bond motifs is 3. The lowest BCUT2D eigenvalue weighted by molar-refractivity contribution is -0.142. The van der Waals surface area contributed by atoms with Crippen molar-refractivity contribution in [2.75, 3.05) is 6.61 Å². The van der Waals surface area contributed by atoms with Gasteiger partial charge in [-0.3, -0.25) is 9.59 Å². The molecule has 1 aliphatic rings. The fraction of sp³-hybridized carbons (Fsp3) is 0.346. The van der Waals surface area contributed by atoms with Crippen LogP contribution in [-0.4, -0.2) is 41.8 Å². The highest BCUT2D eigenvalue weighted by Gasteiger charge is 2.30. The van der Waals surface area contributed by atoms with E-state index in [1.54, 1.807) is 13.0 Å². The number of hydrogen-bond acceptors (Lipinski definition) is 4. The second-order valence-electron chi connectivity index (χ2n) is 8.31. The third kappa shape index (κ3) is 5.61. The second kappa shape index (κ2) is 10.8. The molecule has 0 saturated carbocycles. The third-order valence-corrected chi connectivity index (χ3v) is 6.12. The number of aliphatic carboxylic acids is 1. The summed E-state index contributed by atoms with van der Waals surface area (Å²) in [6.07, 6.45) is 1.79. The van der Waals surface area contributed by atoms with E-state index in [1.165, 1.54) is 6.92 Å². The van der Waals surface area contributed by atoms with Crippen molar-refractivity contribution in [1.82, 2.24) is 10.6 Å². The first-order chi connectivity index (χ1) is 15.8. The monoisotopic (exact) mass is 450 g/mol. The zero-order valence-electron chi connectivity index (χ0n) is 18.9. The van der Waals surface area contributed by atoms with Crippen molar-refractivity contribution < 1.29 is 24.2 Å². The van der Waals surface area contributed by atoms with Crippen LogP contribution >= 0.6 is 0 Å².